The fraction of sp³-hybridized carbons (Fsp3) is 0.429. The van der Waals surface area contributed by atoms with Crippen molar-refractivity contribution in [3.63, 3.8) is 0 Å². The highest BCUT2D eigenvalue weighted by Crippen LogP contribution is 2.36. The van der Waals surface area contributed by atoms with Crippen molar-refractivity contribution in [1.29, 1.82) is 0 Å². The van der Waals surface area contributed by atoms with Crippen LogP contribution in [0.1, 0.15) is 51.4 Å². The summed E-state index contributed by atoms with van der Waals surface area (Å²) in [6.07, 6.45) is -0.0441. The largest absolute Gasteiger partial charge is 0.454 e. The van der Waals surface area contributed by atoms with Gasteiger partial charge >= 0.3 is 11.9 Å². The van der Waals surface area contributed by atoms with Gasteiger partial charge in [-0.15, -0.1) is 0 Å². The van der Waals surface area contributed by atoms with Crippen LogP contribution in [0.25, 0.3) is 0 Å². The van der Waals surface area contributed by atoms with E-state index in [0.717, 1.165) is 0 Å². The van der Waals surface area contributed by atoms with Gasteiger partial charge in [-0.25, -0.2) is 4.79 Å². The SMILES string of the molecule is CC(=O)Nc1cccc(C(=O)OC2C(OC(C)=O)C=C(C)C(=O)CC2(C)C)c1. The molecule has 28 heavy (non-hydrogen) atoms. The summed E-state index contributed by atoms with van der Waals surface area (Å²) < 4.78 is 11.1. The van der Waals surface area contributed by atoms with Gasteiger partial charge in [-0.2, -0.15) is 0 Å². The summed E-state index contributed by atoms with van der Waals surface area (Å²) in [6.45, 7) is 7.86. The zero-order valence-corrected chi connectivity index (χ0v) is 16.7. The standard InChI is InChI=1S/C21H25NO6/c1-12-9-18(27-14(3)24)19(21(4,5)11-17(12)25)28-20(26)15-7-6-8-16(10-15)22-13(2)23/h6-10,18-19H,11H2,1-5H3,(H,22,23). The highest BCUT2D eigenvalue weighted by Gasteiger charge is 2.43. The molecule has 2 rings (SSSR count). The molecule has 150 valence electrons. The summed E-state index contributed by atoms with van der Waals surface area (Å²) in [7, 11) is 0. The van der Waals surface area contributed by atoms with Crippen LogP contribution in [-0.2, 0) is 23.9 Å². The third-order valence-electron chi connectivity index (χ3n) is 4.49. The van der Waals surface area contributed by atoms with Gasteiger partial charge in [0.1, 0.15) is 6.10 Å². The van der Waals surface area contributed by atoms with Crippen molar-refractivity contribution in [2.75, 3.05) is 5.32 Å². The number of ketones is 1. The first kappa shape index (κ1) is 21.3. The highest BCUT2D eigenvalue weighted by molar-refractivity contribution is 5.96. The van der Waals surface area contributed by atoms with Crippen molar-refractivity contribution in [3.8, 4) is 0 Å². The van der Waals surface area contributed by atoms with E-state index in [1.54, 1.807) is 39.0 Å². The summed E-state index contributed by atoms with van der Waals surface area (Å²) in [5.74, 6) is -1.52. The van der Waals surface area contributed by atoms with Gasteiger partial charge in [0.15, 0.2) is 11.9 Å². The predicted molar refractivity (Wildman–Crippen MR) is 103 cm³/mol. The van der Waals surface area contributed by atoms with Gasteiger partial charge < -0.3 is 14.8 Å². The van der Waals surface area contributed by atoms with Crippen molar-refractivity contribution in [1.82, 2.24) is 0 Å². The monoisotopic (exact) mass is 387 g/mol. The van der Waals surface area contributed by atoms with Crippen LogP contribution in [0.5, 0.6) is 0 Å². The first-order valence-electron chi connectivity index (χ1n) is 8.97. The van der Waals surface area contributed by atoms with E-state index in [4.69, 9.17) is 9.47 Å². The van der Waals surface area contributed by atoms with Gasteiger partial charge in [-0.3, -0.25) is 14.4 Å². The zero-order chi connectivity index (χ0) is 21.1. The molecule has 1 aliphatic rings. The Bertz CT molecular complexity index is 839. The zero-order valence-electron chi connectivity index (χ0n) is 16.7. The van der Waals surface area contributed by atoms with E-state index in [9.17, 15) is 19.2 Å². The maximum absolute atomic E-state index is 12.8. The third kappa shape index (κ3) is 5.28. The molecule has 2 atom stereocenters. The van der Waals surface area contributed by atoms with Crippen LogP contribution in [0.3, 0.4) is 0 Å². The molecule has 1 aromatic carbocycles. The number of ether oxygens (including phenoxy) is 2. The Labute approximate surface area is 164 Å². The van der Waals surface area contributed by atoms with Crippen LogP contribution < -0.4 is 5.32 Å². The Kier molecular flexibility index (Phi) is 6.38. The van der Waals surface area contributed by atoms with E-state index >= 15 is 0 Å². The number of hydrogen-bond donors (Lipinski definition) is 1. The second-order valence-corrected chi connectivity index (χ2v) is 7.60. The van der Waals surface area contributed by atoms with E-state index in [-0.39, 0.29) is 23.7 Å². The maximum Gasteiger partial charge on any atom is 0.338 e. The molecule has 0 bridgehead atoms. The minimum atomic E-state index is -0.874. The molecule has 1 aliphatic carbocycles. The molecule has 0 heterocycles. The Morgan fingerprint density at radius 3 is 2.43 bits per heavy atom. The van der Waals surface area contributed by atoms with Gasteiger partial charge in [0, 0.05) is 31.4 Å². The molecule has 0 saturated carbocycles. The average Bonchev–Trinajstić information content (AvgIpc) is 2.63. The lowest BCUT2D eigenvalue weighted by Gasteiger charge is -2.35. The summed E-state index contributed by atoms with van der Waals surface area (Å²) >= 11 is 0. The van der Waals surface area contributed by atoms with Crippen LogP contribution in [0.15, 0.2) is 35.9 Å². The van der Waals surface area contributed by atoms with E-state index in [1.807, 2.05) is 0 Å². The summed E-state index contributed by atoms with van der Waals surface area (Å²) in [5.41, 5.74) is 0.408. The number of carbonyl (C=O) groups excluding carboxylic acids is 4. The molecular formula is C21H25NO6. The summed E-state index contributed by atoms with van der Waals surface area (Å²) in [5, 5.41) is 2.61. The van der Waals surface area contributed by atoms with Crippen LogP contribution in [-0.4, -0.2) is 35.8 Å². The molecule has 0 saturated heterocycles. The quantitative estimate of drug-likeness (QED) is 0.797. The Morgan fingerprint density at radius 1 is 1.14 bits per heavy atom. The van der Waals surface area contributed by atoms with E-state index < -0.39 is 29.6 Å². The highest BCUT2D eigenvalue weighted by atomic mass is 16.6. The third-order valence-corrected chi connectivity index (χ3v) is 4.49. The van der Waals surface area contributed by atoms with Crippen molar-refractivity contribution in [2.24, 2.45) is 5.41 Å². The molecule has 1 aromatic rings. The number of hydrogen-bond acceptors (Lipinski definition) is 6. The van der Waals surface area contributed by atoms with E-state index in [0.29, 0.717) is 11.3 Å². The number of esters is 2. The van der Waals surface area contributed by atoms with Crippen LogP contribution in [0, 0.1) is 5.41 Å². The van der Waals surface area contributed by atoms with Crippen molar-refractivity contribution in [2.45, 2.75) is 53.2 Å². The number of Topliss-reactive ketones (excluding diaryl/α,β-unsaturated/α-hetero) is 1. The first-order chi connectivity index (χ1) is 13.0. The Hall–Kier alpha value is -2.96. The number of benzene rings is 1. The molecular weight excluding hydrogens is 362 g/mol. The molecule has 0 spiro atoms. The van der Waals surface area contributed by atoms with Crippen LogP contribution in [0.4, 0.5) is 5.69 Å². The van der Waals surface area contributed by atoms with Gasteiger partial charge in [-0.05, 0) is 36.8 Å². The number of allylic oxidation sites excluding steroid dienone is 1. The van der Waals surface area contributed by atoms with Crippen molar-refractivity contribution >= 4 is 29.3 Å². The molecule has 0 radical (unpaired) electrons. The lowest BCUT2D eigenvalue weighted by atomic mass is 9.80. The van der Waals surface area contributed by atoms with Gasteiger partial charge in [0.2, 0.25) is 5.91 Å². The number of anilines is 1. The topological polar surface area (TPSA) is 98.8 Å². The van der Waals surface area contributed by atoms with Crippen LogP contribution in [0.2, 0.25) is 0 Å². The molecule has 7 nitrogen and oxygen atoms in total. The minimum Gasteiger partial charge on any atom is -0.454 e. The average molecular weight is 387 g/mol. The fourth-order valence-corrected chi connectivity index (χ4v) is 3.15. The Morgan fingerprint density at radius 2 is 1.82 bits per heavy atom. The lowest BCUT2D eigenvalue weighted by molar-refractivity contribution is -0.153. The molecule has 0 aliphatic heterocycles. The summed E-state index contributed by atoms with van der Waals surface area (Å²) in [6, 6.07) is 6.34. The predicted octanol–water partition coefficient (Wildman–Crippen LogP) is 3.05. The molecule has 1 N–H and O–H groups in total. The van der Waals surface area contributed by atoms with Gasteiger partial charge in [0.25, 0.3) is 0 Å². The molecule has 1 amide bonds. The van der Waals surface area contributed by atoms with E-state index in [1.165, 1.54) is 26.0 Å². The lowest BCUT2D eigenvalue weighted by Crippen LogP contribution is -2.44. The smallest absolute Gasteiger partial charge is 0.338 e. The molecule has 2 unspecified atom stereocenters. The summed E-state index contributed by atoms with van der Waals surface area (Å²) in [4.78, 5) is 47.9. The Balaban J connectivity index is 2.33. The van der Waals surface area contributed by atoms with Crippen molar-refractivity contribution < 1.29 is 28.7 Å². The van der Waals surface area contributed by atoms with Gasteiger partial charge in [-0.1, -0.05) is 19.9 Å². The number of rotatable bonds is 4. The second-order valence-electron chi connectivity index (χ2n) is 7.60. The molecule has 0 aromatic heterocycles. The molecule has 7 heteroatoms. The number of carbonyl (C=O) groups is 4. The maximum atomic E-state index is 12.8. The number of nitrogens with one attached hydrogen (secondary N) is 1. The molecule has 0 fully saturated rings. The van der Waals surface area contributed by atoms with Crippen molar-refractivity contribution in [3.05, 3.63) is 41.5 Å². The normalized spacial score (nSPS) is 21.2. The second kappa shape index (κ2) is 8.37. The number of amides is 1. The first-order valence-corrected chi connectivity index (χ1v) is 8.97. The fourth-order valence-electron chi connectivity index (χ4n) is 3.15. The van der Waals surface area contributed by atoms with E-state index in [2.05, 4.69) is 5.32 Å². The van der Waals surface area contributed by atoms with Gasteiger partial charge in [0.05, 0.1) is 5.56 Å². The van der Waals surface area contributed by atoms with Crippen LogP contribution >= 0.6 is 0 Å². The minimum absolute atomic E-state index is 0.0895.